The number of hydrogen-bond donors (Lipinski definition) is 0. The summed E-state index contributed by atoms with van der Waals surface area (Å²) in [7, 11) is 0. The molecular formula is C30H39N. The fourth-order valence-corrected chi connectivity index (χ4v) is 4.40. The molecule has 1 heteroatoms. The number of nitrogens with zero attached hydrogens (tertiary/aromatic N) is 1. The SMILES string of the molecule is C1=c2ccnc(-c3ccccc3)c2=CCC1.C=C1CCCC(C)=C1CC.CC1CC1C. The second-order valence-corrected chi connectivity index (χ2v) is 9.27. The minimum Gasteiger partial charge on any atom is -0.256 e. The molecule has 0 bridgehead atoms. The van der Waals surface area contributed by atoms with Gasteiger partial charge in [-0.1, -0.05) is 81.0 Å². The van der Waals surface area contributed by atoms with Gasteiger partial charge in [-0.2, -0.15) is 0 Å². The van der Waals surface area contributed by atoms with E-state index in [-0.39, 0.29) is 0 Å². The highest BCUT2D eigenvalue weighted by molar-refractivity contribution is 5.62. The van der Waals surface area contributed by atoms with Gasteiger partial charge < -0.3 is 0 Å². The lowest BCUT2D eigenvalue weighted by Crippen LogP contribution is -2.29. The van der Waals surface area contributed by atoms with E-state index in [0.717, 1.165) is 30.4 Å². The van der Waals surface area contributed by atoms with Crippen molar-refractivity contribution >= 4 is 12.2 Å². The molecule has 5 rings (SSSR count). The van der Waals surface area contributed by atoms with E-state index in [4.69, 9.17) is 0 Å². The fraction of sp³-hybridized carbons (Fsp3) is 0.433. The second-order valence-electron chi connectivity index (χ2n) is 9.27. The molecule has 164 valence electrons. The molecule has 2 atom stereocenters. The van der Waals surface area contributed by atoms with Gasteiger partial charge in [-0.05, 0) is 80.6 Å². The van der Waals surface area contributed by atoms with Crippen molar-refractivity contribution in [1.29, 1.82) is 0 Å². The van der Waals surface area contributed by atoms with Gasteiger partial charge in [0, 0.05) is 17.0 Å². The van der Waals surface area contributed by atoms with Gasteiger partial charge in [0.05, 0.1) is 5.69 Å². The first-order valence-electron chi connectivity index (χ1n) is 12.1. The summed E-state index contributed by atoms with van der Waals surface area (Å²) in [5, 5.41) is 2.61. The maximum absolute atomic E-state index is 4.51. The molecule has 1 saturated carbocycles. The van der Waals surface area contributed by atoms with Gasteiger partial charge in [0.25, 0.3) is 0 Å². The van der Waals surface area contributed by atoms with Crippen LogP contribution in [0, 0.1) is 11.8 Å². The molecule has 2 aromatic rings. The van der Waals surface area contributed by atoms with Gasteiger partial charge >= 0.3 is 0 Å². The largest absolute Gasteiger partial charge is 0.256 e. The van der Waals surface area contributed by atoms with E-state index in [1.165, 1.54) is 59.3 Å². The van der Waals surface area contributed by atoms with Crippen LogP contribution in [0.25, 0.3) is 23.4 Å². The summed E-state index contributed by atoms with van der Waals surface area (Å²) < 4.78 is 0. The van der Waals surface area contributed by atoms with Crippen LogP contribution >= 0.6 is 0 Å². The minimum atomic E-state index is 1.05. The molecule has 1 nitrogen and oxygen atoms in total. The van der Waals surface area contributed by atoms with E-state index < -0.39 is 0 Å². The van der Waals surface area contributed by atoms with E-state index in [0.29, 0.717) is 0 Å². The van der Waals surface area contributed by atoms with Crippen molar-refractivity contribution in [2.75, 3.05) is 0 Å². The van der Waals surface area contributed by atoms with E-state index in [1.54, 1.807) is 5.57 Å². The van der Waals surface area contributed by atoms with Crippen molar-refractivity contribution < 1.29 is 0 Å². The lowest BCUT2D eigenvalue weighted by molar-refractivity contribution is 0.750. The van der Waals surface area contributed by atoms with Crippen LogP contribution in [-0.4, -0.2) is 4.98 Å². The number of allylic oxidation sites excluding steroid dienone is 3. The molecule has 0 amide bonds. The molecule has 0 aliphatic heterocycles. The number of aromatic nitrogens is 1. The summed E-state index contributed by atoms with van der Waals surface area (Å²) in [4.78, 5) is 4.51. The Labute approximate surface area is 189 Å². The van der Waals surface area contributed by atoms with Crippen LogP contribution in [0.2, 0.25) is 0 Å². The first-order chi connectivity index (χ1) is 15.0. The van der Waals surface area contributed by atoms with Crippen LogP contribution in [0.15, 0.2) is 65.9 Å². The summed E-state index contributed by atoms with van der Waals surface area (Å²) in [6, 6.07) is 12.5. The highest BCUT2D eigenvalue weighted by Crippen LogP contribution is 2.36. The average molecular weight is 414 g/mol. The standard InChI is InChI=1S/C15H13N.C10H16.C5H10/c1-2-7-13(8-3-1)15-14-9-5-4-6-12(14)10-11-16-15;1-4-10-8(2)6-5-7-9(10)3;1-4-3-5(4)2/h1-3,6-11H,4-5H2;2,4-7H2,1,3H3;4-5H,3H2,1-2H3. The molecule has 0 N–H and O–H groups in total. The summed E-state index contributed by atoms with van der Waals surface area (Å²) in [6.07, 6.45) is 15.2. The molecule has 3 aliphatic carbocycles. The highest BCUT2D eigenvalue weighted by Gasteiger charge is 2.26. The third-order valence-corrected chi connectivity index (χ3v) is 6.79. The predicted octanol–water partition coefficient (Wildman–Crippen LogP) is 7.22. The Morgan fingerprint density at radius 1 is 0.968 bits per heavy atom. The fourth-order valence-electron chi connectivity index (χ4n) is 4.40. The van der Waals surface area contributed by atoms with E-state index in [2.05, 4.69) is 81.7 Å². The number of fused-ring (bicyclic) bond motifs is 1. The molecule has 0 saturated heterocycles. The molecule has 31 heavy (non-hydrogen) atoms. The van der Waals surface area contributed by atoms with Crippen LogP contribution in [0.5, 0.6) is 0 Å². The maximum Gasteiger partial charge on any atom is 0.0776 e. The molecular weight excluding hydrogens is 374 g/mol. The van der Waals surface area contributed by atoms with E-state index in [9.17, 15) is 0 Å². The smallest absolute Gasteiger partial charge is 0.0776 e. The Morgan fingerprint density at radius 3 is 2.23 bits per heavy atom. The molecule has 3 aliphatic rings. The third-order valence-electron chi connectivity index (χ3n) is 6.79. The Bertz CT molecular complexity index is 1020. The minimum absolute atomic E-state index is 1.05. The summed E-state index contributed by atoms with van der Waals surface area (Å²) in [6.45, 7) is 13.1. The Kier molecular flexibility index (Phi) is 8.46. The summed E-state index contributed by atoms with van der Waals surface area (Å²) in [5.74, 6) is 2.10. The Balaban J connectivity index is 0.000000154. The van der Waals surface area contributed by atoms with Crippen molar-refractivity contribution in [2.24, 2.45) is 11.8 Å². The van der Waals surface area contributed by atoms with Gasteiger partial charge in [0.15, 0.2) is 0 Å². The molecule has 1 aromatic carbocycles. The second kappa shape index (κ2) is 11.3. The lowest BCUT2D eigenvalue weighted by atomic mass is 9.88. The van der Waals surface area contributed by atoms with Gasteiger partial charge in [0.1, 0.15) is 0 Å². The third kappa shape index (κ3) is 6.53. The van der Waals surface area contributed by atoms with Crippen molar-refractivity contribution in [1.82, 2.24) is 4.98 Å². The van der Waals surface area contributed by atoms with Crippen LogP contribution in [0.3, 0.4) is 0 Å². The monoisotopic (exact) mass is 413 g/mol. The number of hydrogen-bond acceptors (Lipinski definition) is 1. The normalized spacial score (nSPS) is 21.4. The zero-order valence-corrected chi connectivity index (χ0v) is 20.0. The first kappa shape index (κ1) is 23.3. The molecule has 0 radical (unpaired) electrons. The number of rotatable bonds is 2. The topological polar surface area (TPSA) is 12.9 Å². The average Bonchev–Trinajstić information content (AvgIpc) is 3.46. The lowest BCUT2D eigenvalue weighted by Gasteiger charge is -2.18. The van der Waals surface area contributed by atoms with Crippen molar-refractivity contribution in [3.05, 3.63) is 76.3 Å². The number of benzene rings is 1. The van der Waals surface area contributed by atoms with Crippen LogP contribution < -0.4 is 10.4 Å². The highest BCUT2D eigenvalue weighted by atomic mass is 14.7. The van der Waals surface area contributed by atoms with Gasteiger partial charge in [0.2, 0.25) is 0 Å². The first-order valence-corrected chi connectivity index (χ1v) is 12.1. The quantitative estimate of drug-likeness (QED) is 0.506. The van der Waals surface area contributed by atoms with Gasteiger partial charge in [-0.15, -0.1) is 0 Å². The maximum atomic E-state index is 4.51. The zero-order valence-electron chi connectivity index (χ0n) is 20.0. The molecule has 2 unspecified atom stereocenters. The van der Waals surface area contributed by atoms with Gasteiger partial charge in [-0.3, -0.25) is 4.98 Å². The van der Waals surface area contributed by atoms with Gasteiger partial charge in [-0.25, -0.2) is 0 Å². The zero-order chi connectivity index (χ0) is 22.2. The molecule has 1 fully saturated rings. The van der Waals surface area contributed by atoms with Crippen LogP contribution in [-0.2, 0) is 0 Å². The molecule has 1 aromatic heterocycles. The molecule has 0 spiro atoms. The van der Waals surface area contributed by atoms with Crippen molar-refractivity contribution in [3.8, 4) is 11.3 Å². The Hall–Kier alpha value is -2.41. The van der Waals surface area contributed by atoms with Crippen molar-refractivity contribution in [3.63, 3.8) is 0 Å². The van der Waals surface area contributed by atoms with E-state index >= 15 is 0 Å². The van der Waals surface area contributed by atoms with Crippen molar-refractivity contribution in [2.45, 2.75) is 72.6 Å². The summed E-state index contributed by atoms with van der Waals surface area (Å²) >= 11 is 0. The van der Waals surface area contributed by atoms with Crippen LogP contribution in [0.1, 0.15) is 72.6 Å². The van der Waals surface area contributed by atoms with E-state index in [1.807, 2.05) is 12.3 Å². The number of pyridine rings is 1. The predicted molar refractivity (Wildman–Crippen MR) is 136 cm³/mol. The van der Waals surface area contributed by atoms with Crippen LogP contribution in [0.4, 0.5) is 0 Å². The molecule has 1 heterocycles. The Morgan fingerprint density at radius 2 is 1.65 bits per heavy atom. The summed E-state index contributed by atoms with van der Waals surface area (Å²) in [5.41, 5.74) is 6.79.